The molecule has 19 heavy (non-hydrogen) atoms. The van der Waals surface area contributed by atoms with Crippen LogP contribution in [0, 0.1) is 0 Å². The van der Waals surface area contributed by atoms with E-state index in [0.29, 0.717) is 0 Å². The molecule has 100 valence electrons. The third kappa shape index (κ3) is 2.92. The van der Waals surface area contributed by atoms with Crippen LogP contribution in [-0.2, 0) is 0 Å². The number of nitrogens with zero attached hydrogens (tertiary/aromatic N) is 1. The van der Waals surface area contributed by atoms with Crippen LogP contribution in [0.5, 0.6) is 0 Å². The molecule has 1 aromatic heterocycles. The Labute approximate surface area is 119 Å². The molecule has 1 nitrogen and oxygen atoms in total. The van der Waals surface area contributed by atoms with Gasteiger partial charge in [0.05, 0.1) is 0 Å². The Hall–Kier alpha value is -1.09. The fourth-order valence-corrected chi connectivity index (χ4v) is 10.4. The molecule has 0 aliphatic heterocycles. The Morgan fingerprint density at radius 2 is 1.53 bits per heavy atom. The van der Waals surface area contributed by atoms with Crippen molar-refractivity contribution in [1.82, 2.24) is 4.98 Å². The molecule has 0 unspecified atom stereocenters. The van der Waals surface area contributed by atoms with Crippen molar-refractivity contribution in [2.75, 3.05) is 0 Å². The predicted molar refractivity (Wildman–Crippen MR) is 86.5 cm³/mol. The van der Waals surface area contributed by atoms with Gasteiger partial charge in [0.2, 0.25) is 0 Å². The molecule has 0 aliphatic rings. The van der Waals surface area contributed by atoms with Crippen molar-refractivity contribution in [2.24, 2.45) is 0 Å². The first-order chi connectivity index (χ1) is 9.25. The van der Waals surface area contributed by atoms with Crippen molar-refractivity contribution in [3.05, 3.63) is 48.7 Å². The molecule has 2 rings (SSSR count). The number of hydrogen-bond donors (Lipinski definition) is 0. The van der Waals surface area contributed by atoms with Gasteiger partial charge in [-0.05, 0) is 0 Å². The summed E-state index contributed by atoms with van der Waals surface area (Å²) in [7, 11) is 0. The summed E-state index contributed by atoms with van der Waals surface area (Å²) in [5.74, 6) is 0. The summed E-state index contributed by atoms with van der Waals surface area (Å²) < 4.78 is 1.61. The van der Waals surface area contributed by atoms with Gasteiger partial charge in [0.25, 0.3) is 0 Å². The van der Waals surface area contributed by atoms with Crippen LogP contribution in [0.15, 0.2) is 48.7 Å². The Kier molecular flexibility index (Phi) is 4.81. The number of rotatable bonds is 5. The van der Waals surface area contributed by atoms with Gasteiger partial charge in [0.1, 0.15) is 0 Å². The van der Waals surface area contributed by atoms with Gasteiger partial charge < -0.3 is 0 Å². The van der Waals surface area contributed by atoms with Gasteiger partial charge >= 0.3 is 119 Å². The minimum atomic E-state index is -1.86. The van der Waals surface area contributed by atoms with Crippen LogP contribution < -0.4 is 4.40 Å². The monoisotopic (exact) mass is 315 g/mol. The topological polar surface area (TPSA) is 12.9 Å². The standard InChI is InChI=1S/C17H23GeN/c1-4-18(5-2,6-3)16-12-13-19-17(14-16)15-10-8-7-9-11-15/h7-14H,4-6H2,1-3H3. The van der Waals surface area contributed by atoms with Gasteiger partial charge in [-0.15, -0.1) is 0 Å². The summed E-state index contributed by atoms with van der Waals surface area (Å²) in [4.78, 5) is 4.56. The zero-order valence-corrected chi connectivity index (χ0v) is 14.3. The molecule has 2 aromatic rings. The van der Waals surface area contributed by atoms with Crippen LogP contribution in [0.1, 0.15) is 20.8 Å². The van der Waals surface area contributed by atoms with E-state index in [0.717, 1.165) is 5.69 Å². The van der Waals surface area contributed by atoms with Gasteiger partial charge in [-0.25, -0.2) is 0 Å². The fraction of sp³-hybridized carbons (Fsp3) is 0.353. The third-order valence-electron chi connectivity index (χ3n) is 4.47. The van der Waals surface area contributed by atoms with Crippen molar-refractivity contribution in [3.8, 4) is 11.3 Å². The Morgan fingerprint density at radius 3 is 2.11 bits per heavy atom. The first kappa shape index (κ1) is 14.3. The quantitative estimate of drug-likeness (QED) is 0.742. The molecule has 0 bridgehead atoms. The average molecular weight is 314 g/mol. The zero-order valence-electron chi connectivity index (χ0n) is 12.2. The van der Waals surface area contributed by atoms with Gasteiger partial charge in [0.15, 0.2) is 0 Å². The molecule has 0 saturated carbocycles. The molecule has 1 aromatic carbocycles. The molecule has 0 aliphatic carbocycles. The van der Waals surface area contributed by atoms with Gasteiger partial charge in [0, 0.05) is 0 Å². The summed E-state index contributed by atoms with van der Waals surface area (Å²) >= 11 is -1.86. The number of pyridine rings is 1. The fourth-order valence-electron chi connectivity index (χ4n) is 2.89. The molecule has 0 atom stereocenters. The summed E-state index contributed by atoms with van der Waals surface area (Å²) in [5.41, 5.74) is 2.35. The van der Waals surface area contributed by atoms with Crippen LogP contribution in [0.3, 0.4) is 0 Å². The van der Waals surface area contributed by atoms with E-state index in [1.807, 2.05) is 6.20 Å². The Balaban J connectivity index is 2.45. The van der Waals surface area contributed by atoms with Gasteiger partial charge in [-0.3, -0.25) is 0 Å². The van der Waals surface area contributed by atoms with E-state index in [9.17, 15) is 0 Å². The maximum absolute atomic E-state index is 4.56. The second kappa shape index (κ2) is 6.38. The molecule has 1 heterocycles. The van der Waals surface area contributed by atoms with Gasteiger partial charge in [-0.2, -0.15) is 0 Å². The molecule has 2 heteroatoms. The Morgan fingerprint density at radius 1 is 0.895 bits per heavy atom. The van der Waals surface area contributed by atoms with Crippen LogP contribution in [-0.4, -0.2) is 18.3 Å². The zero-order chi connectivity index (χ0) is 13.7. The van der Waals surface area contributed by atoms with Crippen molar-refractivity contribution in [1.29, 1.82) is 0 Å². The van der Waals surface area contributed by atoms with Crippen LogP contribution >= 0.6 is 0 Å². The van der Waals surface area contributed by atoms with Crippen LogP contribution in [0.2, 0.25) is 15.8 Å². The maximum atomic E-state index is 4.56. The molecular weight excluding hydrogens is 291 g/mol. The van der Waals surface area contributed by atoms with Gasteiger partial charge in [-0.1, -0.05) is 0 Å². The molecular formula is C17H23GeN. The van der Waals surface area contributed by atoms with E-state index in [1.165, 1.54) is 21.3 Å². The second-order valence-electron chi connectivity index (χ2n) is 5.14. The van der Waals surface area contributed by atoms with Crippen molar-refractivity contribution < 1.29 is 0 Å². The number of hydrogen-bond acceptors (Lipinski definition) is 1. The first-order valence-electron chi connectivity index (χ1n) is 7.27. The Bertz CT molecular complexity index is 510. The molecule has 0 saturated heterocycles. The molecule has 0 fully saturated rings. The number of benzene rings is 1. The van der Waals surface area contributed by atoms with Crippen molar-refractivity contribution in [2.45, 2.75) is 36.5 Å². The van der Waals surface area contributed by atoms with E-state index in [1.54, 1.807) is 4.40 Å². The van der Waals surface area contributed by atoms with E-state index in [2.05, 4.69) is 68.2 Å². The molecule has 0 radical (unpaired) electrons. The van der Waals surface area contributed by atoms with E-state index in [-0.39, 0.29) is 0 Å². The predicted octanol–water partition coefficient (Wildman–Crippen LogP) is 4.46. The second-order valence-corrected chi connectivity index (χ2v) is 16.2. The summed E-state index contributed by atoms with van der Waals surface area (Å²) in [6.45, 7) is 7.11. The van der Waals surface area contributed by atoms with Crippen LogP contribution in [0.25, 0.3) is 11.3 Å². The molecule has 0 amide bonds. The third-order valence-corrected chi connectivity index (χ3v) is 16.2. The molecule has 0 spiro atoms. The summed E-state index contributed by atoms with van der Waals surface area (Å²) in [5, 5.41) is 4.10. The van der Waals surface area contributed by atoms with Crippen LogP contribution in [0.4, 0.5) is 0 Å². The minimum absolute atomic E-state index is 1.13. The summed E-state index contributed by atoms with van der Waals surface area (Å²) in [6, 6.07) is 15.1. The normalized spacial score (nSPS) is 11.5. The van der Waals surface area contributed by atoms with E-state index < -0.39 is 13.3 Å². The van der Waals surface area contributed by atoms with Crippen molar-refractivity contribution >= 4 is 17.7 Å². The molecule has 0 N–H and O–H groups in total. The first-order valence-corrected chi connectivity index (χ1v) is 12.8. The summed E-state index contributed by atoms with van der Waals surface area (Å²) in [6.07, 6.45) is 2.00. The number of aromatic nitrogens is 1. The van der Waals surface area contributed by atoms with E-state index in [4.69, 9.17) is 0 Å². The average Bonchev–Trinajstić information content (AvgIpc) is 2.51. The van der Waals surface area contributed by atoms with Crippen molar-refractivity contribution in [3.63, 3.8) is 0 Å². The van der Waals surface area contributed by atoms with E-state index >= 15 is 0 Å². The SMILES string of the molecule is C[CH2][Ge]([CH2]C)([CH2]C)[c]1ccnc(-c2ccccc2)c1.